The van der Waals surface area contributed by atoms with E-state index in [1.807, 2.05) is 0 Å². The molecule has 0 spiro atoms. The van der Waals surface area contributed by atoms with E-state index in [0.717, 1.165) is 0 Å². The van der Waals surface area contributed by atoms with Gasteiger partial charge in [-0.3, -0.25) is 0 Å². The molecule has 0 amide bonds. The first-order valence-electron chi connectivity index (χ1n) is 4.56. The van der Waals surface area contributed by atoms with E-state index in [9.17, 15) is 13.2 Å². The maximum Gasteiger partial charge on any atom is 0.252 e. The van der Waals surface area contributed by atoms with Crippen LogP contribution in [0.15, 0.2) is 18.2 Å². The van der Waals surface area contributed by atoms with E-state index in [0.29, 0.717) is 5.69 Å². The first-order valence-corrected chi connectivity index (χ1v) is 4.93. The van der Waals surface area contributed by atoms with Crippen molar-refractivity contribution in [1.29, 1.82) is 0 Å². The molecule has 1 aromatic rings. The topological polar surface area (TPSA) is 12.0 Å². The summed E-state index contributed by atoms with van der Waals surface area (Å²) in [6.07, 6.45) is -0.357. The molecular weight excluding hydrogens is 227 g/mol. The summed E-state index contributed by atoms with van der Waals surface area (Å²) in [6.45, 7) is 0. The van der Waals surface area contributed by atoms with Gasteiger partial charge in [-0.1, -0.05) is 11.6 Å². The van der Waals surface area contributed by atoms with E-state index >= 15 is 0 Å². The lowest BCUT2D eigenvalue weighted by Gasteiger charge is -2.36. The largest absolute Gasteiger partial charge is 0.382 e. The average molecular weight is 236 g/mol. The number of nitrogens with one attached hydrogen (secondary N) is 1. The molecule has 0 aromatic heterocycles. The zero-order valence-electron chi connectivity index (χ0n) is 7.74. The minimum Gasteiger partial charge on any atom is -0.382 e. The summed E-state index contributed by atoms with van der Waals surface area (Å²) in [5, 5.41) is 2.86. The van der Waals surface area contributed by atoms with Crippen LogP contribution in [0.2, 0.25) is 5.02 Å². The van der Waals surface area contributed by atoms with Crippen LogP contribution in [0.3, 0.4) is 0 Å². The molecule has 0 aliphatic heterocycles. The van der Waals surface area contributed by atoms with Crippen molar-refractivity contribution in [3.05, 3.63) is 29.0 Å². The lowest BCUT2D eigenvalue weighted by atomic mass is 9.88. The van der Waals surface area contributed by atoms with Crippen molar-refractivity contribution in [3.63, 3.8) is 0 Å². The van der Waals surface area contributed by atoms with Gasteiger partial charge < -0.3 is 5.32 Å². The predicted octanol–water partition coefficient (Wildman–Crippen LogP) is 3.69. The SMILES string of the molecule is Fc1ccc(NC2CC(F)(F)C2)cc1Cl. The van der Waals surface area contributed by atoms with Crippen molar-refractivity contribution >= 4 is 17.3 Å². The van der Waals surface area contributed by atoms with Crippen LogP contribution in [0.4, 0.5) is 18.9 Å². The Morgan fingerprint density at radius 1 is 1.33 bits per heavy atom. The summed E-state index contributed by atoms with van der Waals surface area (Å²) in [5.41, 5.74) is 0.571. The molecule has 0 saturated heterocycles. The van der Waals surface area contributed by atoms with Crippen molar-refractivity contribution in [2.75, 3.05) is 5.32 Å². The van der Waals surface area contributed by atoms with Crippen LogP contribution in [0.25, 0.3) is 0 Å². The average Bonchev–Trinajstić information content (AvgIpc) is 2.08. The molecule has 0 heterocycles. The Hall–Kier alpha value is -0.900. The minimum absolute atomic E-state index is 0.00826. The van der Waals surface area contributed by atoms with Gasteiger partial charge in [0.25, 0.3) is 5.92 Å². The number of hydrogen-bond acceptors (Lipinski definition) is 1. The highest BCUT2D eigenvalue weighted by atomic mass is 35.5. The number of rotatable bonds is 2. The number of anilines is 1. The number of halogens is 4. The maximum atomic E-state index is 12.8. The highest BCUT2D eigenvalue weighted by molar-refractivity contribution is 6.31. The van der Waals surface area contributed by atoms with E-state index in [4.69, 9.17) is 11.6 Å². The van der Waals surface area contributed by atoms with Crippen molar-refractivity contribution in [2.24, 2.45) is 0 Å². The van der Waals surface area contributed by atoms with Crippen molar-refractivity contribution < 1.29 is 13.2 Å². The lowest BCUT2D eigenvalue weighted by Crippen LogP contribution is -2.44. The Morgan fingerprint density at radius 3 is 2.53 bits per heavy atom. The Labute approximate surface area is 90.2 Å². The van der Waals surface area contributed by atoms with Gasteiger partial charge in [0.1, 0.15) is 5.82 Å². The van der Waals surface area contributed by atoms with Crippen LogP contribution in [-0.4, -0.2) is 12.0 Å². The third-order valence-electron chi connectivity index (χ3n) is 2.38. The van der Waals surface area contributed by atoms with Gasteiger partial charge in [-0.2, -0.15) is 0 Å². The Kier molecular flexibility index (Phi) is 2.54. The van der Waals surface area contributed by atoms with Gasteiger partial charge >= 0.3 is 0 Å². The summed E-state index contributed by atoms with van der Waals surface area (Å²) in [5.74, 6) is -3.07. The molecule has 1 N–H and O–H groups in total. The van der Waals surface area contributed by atoms with E-state index < -0.39 is 11.7 Å². The molecule has 2 rings (SSSR count). The van der Waals surface area contributed by atoms with E-state index in [1.165, 1.54) is 18.2 Å². The van der Waals surface area contributed by atoms with Gasteiger partial charge in [0, 0.05) is 24.6 Å². The molecule has 1 aliphatic rings. The number of benzene rings is 1. The van der Waals surface area contributed by atoms with Crippen molar-refractivity contribution in [1.82, 2.24) is 0 Å². The summed E-state index contributed by atoms with van der Waals surface area (Å²) < 4.78 is 37.8. The summed E-state index contributed by atoms with van der Waals surface area (Å²) >= 11 is 5.55. The molecule has 82 valence electrons. The summed E-state index contributed by atoms with van der Waals surface area (Å²) in [4.78, 5) is 0. The molecule has 0 radical (unpaired) electrons. The van der Waals surface area contributed by atoms with Gasteiger partial charge in [-0.15, -0.1) is 0 Å². The highest BCUT2D eigenvalue weighted by Gasteiger charge is 2.45. The van der Waals surface area contributed by atoms with Gasteiger partial charge in [0.15, 0.2) is 0 Å². The normalized spacial score (nSPS) is 19.7. The molecule has 1 nitrogen and oxygen atoms in total. The zero-order chi connectivity index (χ0) is 11.1. The molecule has 1 aromatic carbocycles. The third kappa shape index (κ3) is 2.37. The van der Waals surface area contributed by atoms with Crippen LogP contribution >= 0.6 is 11.6 Å². The molecule has 0 atom stereocenters. The number of hydrogen-bond donors (Lipinski definition) is 1. The molecule has 5 heteroatoms. The van der Waals surface area contributed by atoms with Crippen molar-refractivity contribution in [3.8, 4) is 0 Å². The van der Waals surface area contributed by atoms with Crippen LogP contribution in [0.1, 0.15) is 12.8 Å². The first kappa shape index (κ1) is 10.6. The molecule has 0 bridgehead atoms. The van der Waals surface area contributed by atoms with Crippen LogP contribution in [0.5, 0.6) is 0 Å². The van der Waals surface area contributed by atoms with Crippen LogP contribution < -0.4 is 5.32 Å². The fourth-order valence-electron chi connectivity index (χ4n) is 1.58. The van der Waals surface area contributed by atoms with Gasteiger partial charge in [0.05, 0.1) is 5.02 Å². The van der Waals surface area contributed by atoms with E-state index in [1.54, 1.807) is 0 Å². The van der Waals surface area contributed by atoms with Crippen molar-refractivity contribution in [2.45, 2.75) is 24.8 Å². The molecule has 15 heavy (non-hydrogen) atoms. The Balaban J connectivity index is 1.98. The van der Waals surface area contributed by atoms with Gasteiger partial charge in [-0.05, 0) is 18.2 Å². The van der Waals surface area contributed by atoms with Gasteiger partial charge in [0.2, 0.25) is 0 Å². The third-order valence-corrected chi connectivity index (χ3v) is 2.67. The Bertz CT molecular complexity index is 373. The quantitative estimate of drug-likeness (QED) is 0.824. The molecular formula is C10H9ClF3N. The number of alkyl halides is 2. The fourth-order valence-corrected chi connectivity index (χ4v) is 1.77. The second-order valence-corrected chi connectivity index (χ2v) is 4.14. The Morgan fingerprint density at radius 2 is 2.00 bits per heavy atom. The minimum atomic E-state index is -2.55. The maximum absolute atomic E-state index is 12.8. The standard InChI is InChI=1S/C10H9ClF3N/c11-8-3-6(1-2-9(8)12)15-7-4-10(13,14)5-7/h1-3,7,15H,4-5H2. The molecule has 0 unspecified atom stereocenters. The van der Waals surface area contributed by atoms with E-state index in [-0.39, 0.29) is 23.9 Å². The monoisotopic (exact) mass is 235 g/mol. The summed E-state index contributed by atoms with van der Waals surface area (Å²) in [6, 6.07) is 3.84. The predicted molar refractivity (Wildman–Crippen MR) is 53.0 cm³/mol. The molecule has 1 aliphatic carbocycles. The second kappa shape index (κ2) is 3.59. The second-order valence-electron chi connectivity index (χ2n) is 3.73. The van der Waals surface area contributed by atoms with E-state index in [2.05, 4.69) is 5.32 Å². The smallest absolute Gasteiger partial charge is 0.252 e. The molecule has 1 fully saturated rings. The lowest BCUT2D eigenvalue weighted by molar-refractivity contribution is -0.0793. The summed E-state index contributed by atoms with van der Waals surface area (Å²) in [7, 11) is 0. The van der Waals surface area contributed by atoms with Crippen LogP contribution in [-0.2, 0) is 0 Å². The zero-order valence-corrected chi connectivity index (χ0v) is 8.49. The van der Waals surface area contributed by atoms with Gasteiger partial charge in [-0.25, -0.2) is 13.2 Å². The fraction of sp³-hybridized carbons (Fsp3) is 0.400. The first-order chi connectivity index (χ1) is 6.96. The van der Waals surface area contributed by atoms with Crippen LogP contribution in [0, 0.1) is 5.82 Å². The molecule has 1 saturated carbocycles. The highest BCUT2D eigenvalue weighted by Crippen LogP contribution is 2.39.